The highest BCUT2D eigenvalue weighted by Crippen LogP contribution is 2.44. The topological polar surface area (TPSA) is 208 Å². The van der Waals surface area contributed by atoms with E-state index in [1.165, 1.54) is 55.4 Å². The van der Waals surface area contributed by atoms with Crippen molar-refractivity contribution < 1.29 is 33.4 Å². The lowest BCUT2D eigenvalue weighted by atomic mass is 9.77. The summed E-state index contributed by atoms with van der Waals surface area (Å²) in [5, 5.41) is 18.3. The Morgan fingerprint density at radius 3 is 1.89 bits per heavy atom. The number of fused-ring (bicyclic) bond motifs is 1. The fourth-order valence-corrected chi connectivity index (χ4v) is 11.2. The number of oxime groups is 1. The van der Waals surface area contributed by atoms with Crippen molar-refractivity contribution >= 4 is 69.3 Å². The standard InChI is InChI=1S/C54H48N8O9S3/c1-68-41(69-2)30-61-46(58-59-48(64)50(61)66)40(72)29-35-31-73-51-43(49(65)62(51)44(35)52(67)71-45(33-19-9-4-10-20-33)34-21-11-5-12-22-34)56-47(63)42(60-70-3)39-32-74-53(55-39)57-54(36-23-13-6-14-24-36,37-25-15-7-16-26-37)38-27-17-8-18-28-38/h4-29,32,41,43,45,51,72H,30-31H2,1-3H3,(H,55,57)(H,56,63)(H,59,64). The zero-order valence-electron chi connectivity index (χ0n) is 40.0. The molecule has 2 amide bonds. The van der Waals surface area contributed by atoms with Crippen LogP contribution < -0.4 is 21.8 Å². The molecule has 0 saturated carbocycles. The fraction of sp³-hybridized carbons (Fsp3) is 0.185. The fourth-order valence-electron chi connectivity index (χ4n) is 8.80. The van der Waals surface area contributed by atoms with Crippen LogP contribution in [0, 0.1) is 0 Å². The summed E-state index contributed by atoms with van der Waals surface area (Å²) < 4.78 is 18.0. The van der Waals surface area contributed by atoms with Crippen LogP contribution in [0.2, 0.25) is 0 Å². The summed E-state index contributed by atoms with van der Waals surface area (Å²) in [7, 11) is 4.06. The van der Waals surface area contributed by atoms with E-state index in [0.717, 1.165) is 21.3 Å². The minimum Gasteiger partial charge on any atom is -0.448 e. The summed E-state index contributed by atoms with van der Waals surface area (Å²) in [5.74, 6) is -2.21. The molecule has 3 N–H and O–H groups in total. The number of nitrogens with zero attached hydrogens (tertiary/aromatic N) is 5. The molecular formula is C54H48N8O9S3. The number of aromatic amines is 1. The number of hydrogen-bond donors (Lipinski definition) is 4. The summed E-state index contributed by atoms with van der Waals surface area (Å²) in [5.41, 5.74) is 1.47. The number of carbonyl (C=O) groups is 3. The van der Waals surface area contributed by atoms with Gasteiger partial charge in [0, 0.05) is 30.3 Å². The number of amides is 2. The molecule has 0 bridgehead atoms. The maximum Gasteiger partial charge on any atom is 0.356 e. The van der Waals surface area contributed by atoms with Crippen molar-refractivity contribution in [2.24, 2.45) is 5.16 Å². The molecule has 9 rings (SSSR count). The molecule has 17 nitrogen and oxygen atoms in total. The molecule has 7 aromatic rings. The molecular weight excluding hydrogens is 1000 g/mol. The normalized spacial score (nSPS) is 15.9. The van der Waals surface area contributed by atoms with Crippen LogP contribution in [-0.4, -0.2) is 92.9 Å². The van der Waals surface area contributed by atoms with Crippen molar-refractivity contribution in [3.8, 4) is 0 Å². The van der Waals surface area contributed by atoms with E-state index in [1.807, 2.05) is 152 Å². The third-order valence-electron chi connectivity index (χ3n) is 12.3. The van der Waals surface area contributed by atoms with E-state index in [2.05, 4.69) is 26.0 Å². The van der Waals surface area contributed by atoms with Crippen LogP contribution in [0.1, 0.15) is 45.4 Å². The Kier molecular flexibility index (Phi) is 15.8. The first-order valence-electron chi connectivity index (χ1n) is 23.0. The van der Waals surface area contributed by atoms with Gasteiger partial charge < -0.3 is 29.7 Å². The first-order chi connectivity index (χ1) is 36.1. The van der Waals surface area contributed by atoms with Crippen LogP contribution in [0.4, 0.5) is 5.13 Å². The van der Waals surface area contributed by atoms with Crippen LogP contribution >= 0.6 is 35.7 Å². The van der Waals surface area contributed by atoms with Crippen LogP contribution in [0.15, 0.2) is 189 Å². The number of thiol groups is 1. The van der Waals surface area contributed by atoms with E-state index in [4.69, 9.17) is 36.7 Å². The number of nitrogens with one attached hydrogen (secondary N) is 3. The van der Waals surface area contributed by atoms with Crippen LogP contribution in [0.25, 0.3) is 4.91 Å². The number of rotatable bonds is 19. The zero-order valence-corrected chi connectivity index (χ0v) is 42.5. The van der Waals surface area contributed by atoms with E-state index in [-0.39, 0.29) is 45.7 Å². The van der Waals surface area contributed by atoms with Crippen LogP contribution in [-0.2, 0) is 45.5 Å². The van der Waals surface area contributed by atoms with Gasteiger partial charge in [0.15, 0.2) is 29.1 Å². The second-order valence-electron chi connectivity index (χ2n) is 16.7. The van der Waals surface area contributed by atoms with Crippen molar-refractivity contribution in [2.45, 2.75) is 35.9 Å². The van der Waals surface area contributed by atoms with E-state index in [1.54, 1.807) is 5.38 Å². The molecule has 20 heteroatoms. The van der Waals surface area contributed by atoms with Crippen molar-refractivity contribution in [1.29, 1.82) is 0 Å². The molecule has 4 heterocycles. The number of allylic oxidation sites excluding steroid dienone is 1. The number of thiazole rings is 1. The molecule has 5 aromatic carbocycles. The number of carbonyl (C=O) groups excluding carboxylic acids is 3. The van der Waals surface area contributed by atoms with Gasteiger partial charge in [0.05, 0.1) is 6.54 Å². The Bertz CT molecular complexity index is 3220. The number of esters is 1. The van der Waals surface area contributed by atoms with E-state index in [9.17, 15) is 24.0 Å². The maximum absolute atomic E-state index is 14.9. The number of ether oxygens (including phenoxy) is 3. The maximum atomic E-state index is 14.9. The molecule has 2 unspecified atom stereocenters. The largest absolute Gasteiger partial charge is 0.448 e. The predicted octanol–water partition coefficient (Wildman–Crippen LogP) is 6.72. The summed E-state index contributed by atoms with van der Waals surface area (Å²) >= 11 is 7.24. The highest BCUT2D eigenvalue weighted by molar-refractivity contribution is 8.00. The van der Waals surface area contributed by atoms with Crippen LogP contribution in [0.3, 0.4) is 0 Å². The number of anilines is 1. The summed E-state index contributed by atoms with van der Waals surface area (Å²) in [6.07, 6.45) is -0.354. The van der Waals surface area contributed by atoms with Gasteiger partial charge in [-0.15, -0.1) is 35.7 Å². The molecule has 2 atom stereocenters. The Morgan fingerprint density at radius 1 is 0.824 bits per heavy atom. The van der Waals surface area contributed by atoms with Gasteiger partial charge in [0.2, 0.25) is 0 Å². The molecule has 1 fully saturated rings. The molecule has 2 aliphatic heterocycles. The minimum atomic E-state index is -1.14. The van der Waals surface area contributed by atoms with Gasteiger partial charge in [-0.1, -0.05) is 157 Å². The average molecular weight is 1050 g/mol. The molecule has 2 aromatic heterocycles. The lowest BCUT2D eigenvalue weighted by Gasteiger charge is -2.49. The van der Waals surface area contributed by atoms with Crippen LogP contribution in [0.5, 0.6) is 0 Å². The van der Waals surface area contributed by atoms with Crippen molar-refractivity contribution in [3.05, 3.63) is 234 Å². The van der Waals surface area contributed by atoms with Crippen molar-refractivity contribution in [3.63, 3.8) is 0 Å². The molecule has 376 valence electrons. The number of methoxy groups -OCH3 is 2. The highest BCUT2D eigenvalue weighted by atomic mass is 32.2. The SMILES string of the molecule is CON=C(C(=O)NC1C(=O)N2C(C(=O)OC(c3ccccc3)c3ccccc3)=C(C=C(S)c3n[nH]c(=O)c(=O)n3CC(OC)OC)CSC12)c1csc(NC(c2ccccc2)(c2ccccc2)c2ccccc2)n1. The first kappa shape index (κ1) is 51.0. The molecule has 74 heavy (non-hydrogen) atoms. The van der Waals surface area contributed by atoms with Gasteiger partial charge in [-0.25, -0.2) is 14.9 Å². The molecule has 0 radical (unpaired) electrons. The van der Waals surface area contributed by atoms with Gasteiger partial charge in [0.1, 0.15) is 35.5 Å². The van der Waals surface area contributed by atoms with Gasteiger partial charge >= 0.3 is 17.1 Å². The molecule has 1 saturated heterocycles. The molecule has 2 aliphatic rings. The number of benzene rings is 5. The predicted molar refractivity (Wildman–Crippen MR) is 285 cm³/mol. The Labute approximate surface area is 438 Å². The van der Waals surface area contributed by atoms with Gasteiger partial charge in [-0.05, 0) is 39.5 Å². The van der Waals surface area contributed by atoms with Gasteiger partial charge in [-0.2, -0.15) is 5.10 Å². The summed E-state index contributed by atoms with van der Waals surface area (Å²) in [6.45, 7) is -0.231. The minimum absolute atomic E-state index is 0.0511. The molecule has 0 spiro atoms. The van der Waals surface area contributed by atoms with E-state index >= 15 is 0 Å². The number of hydrogen-bond acceptors (Lipinski definition) is 16. The number of thioether (sulfide) groups is 1. The lowest BCUT2D eigenvalue weighted by molar-refractivity contribution is -0.154. The third-order valence-corrected chi connectivity index (χ3v) is 14.7. The quantitative estimate of drug-likeness (QED) is 0.00971. The van der Waals surface area contributed by atoms with Crippen molar-refractivity contribution in [2.75, 3.05) is 32.4 Å². The van der Waals surface area contributed by atoms with Gasteiger partial charge in [-0.3, -0.25) is 28.6 Å². The lowest BCUT2D eigenvalue weighted by Crippen LogP contribution is -2.71. The summed E-state index contributed by atoms with van der Waals surface area (Å²) in [6, 6.07) is 47.1. The second kappa shape index (κ2) is 22.9. The zero-order chi connectivity index (χ0) is 51.8. The molecule has 0 aliphatic carbocycles. The first-order valence-corrected chi connectivity index (χ1v) is 25.4. The highest BCUT2D eigenvalue weighted by Gasteiger charge is 2.55. The van der Waals surface area contributed by atoms with Gasteiger partial charge in [0.25, 0.3) is 11.8 Å². The Balaban J connectivity index is 1.04. The van der Waals surface area contributed by atoms with E-state index < -0.39 is 58.3 Å². The number of β-lactam (4-membered cyclic amide) rings is 1. The second-order valence-corrected chi connectivity index (χ2v) is 19.1. The number of aromatic nitrogens is 4. The smallest absolute Gasteiger partial charge is 0.356 e. The average Bonchev–Trinajstić information content (AvgIpc) is 3.92. The Hall–Kier alpha value is -7.88. The summed E-state index contributed by atoms with van der Waals surface area (Å²) in [4.78, 5) is 80.9. The van der Waals surface area contributed by atoms with Crippen molar-refractivity contribution in [1.82, 2.24) is 30.0 Å². The number of H-pyrrole nitrogens is 1. The Morgan fingerprint density at radius 2 is 1.36 bits per heavy atom. The van der Waals surface area contributed by atoms with E-state index in [0.29, 0.717) is 16.3 Å². The third kappa shape index (κ3) is 10.3. The monoisotopic (exact) mass is 1050 g/mol.